The van der Waals surface area contributed by atoms with Crippen molar-refractivity contribution in [2.24, 2.45) is 11.8 Å². The smallest absolute Gasteiger partial charge is 0.299 e. The van der Waals surface area contributed by atoms with Crippen LogP contribution in [-0.2, 0) is 6.54 Å². The molecule has 5 heteroatoms. The second-order valence-electron chi connectivity index (χ2n) is 5.19. The van der Waals surface area contributed by atoms with Gasteiger partial charge in [0.2, 0.25) is 5.82 Å². The van der Waals surface area contributed by atoms with Crippen LogP contribution in [0.5, 0.6) is 0 Å². The summed E-state index contributed by atoms with van der Waals surface area (Å²) in [5.41, 5.74) is 0.335. The molecule has 1 aromatic rings. The summed E-state index contributed by atoms with van der Waals surface area (Å²) in [5, 5.41) is 10.5. The van der Waals surface area contributed by atoms with Gasteiger partial charge in [-0.3, -0.25) is 15.0 Å². The van der Waals surface area contributed by atoms with Crippen LogP contribution < -0.4 is 0 Å². The molecule has 1 aromatic carbocycles. The Bertz CT molecular complexity index is 454. The van der Waals surface area contributed by atoms with Gasteiger partial charge in [-0.25, -0.2) is 0 Å². The van der Waals surface area contributed by atoms with Crippen LogP contribution in [0.15, 0.2) is 18.2 Å². The van der Waals surface area contributed by atoms with Crippen molar-refractivity contribution in [3.05, 3.63) is 39.7 Å². The minimum absolute atomic E-state index is 0.457. The third kappa shape index (κ3) is 2.67. The molecule has 0 aliphatic carbocycles. The maximum atomic E-state index is 13.5. The quantitative estimate of drug-likeness (QED) is 0.614. The third-order valence-corrected chi connectivity index (χ3v) is 3.68. The molecule has 98 valence electrons. The van der Waals surface area contributed by atoms with Crippen LogP contribution in [0.3, 0.4) is 0 Å². The van der Waals surface area contributed by atoms with Gasteiger partial charge in [0.15, 0.2) is 0 Å². The molecule has 4 nitrogen and oxygen atoms in total. The van der Waals surface area contributed by atoms with E-state index in [-0.39, 0.29) is 0 Å². The van der Waals surface area contributed by atoms with E-state index in [0.717, 1.165) is 18.7 Å². The van der Waals surface area contributed by atoms with Gasteiger partial charge in [0.05, 0.1) is 4.92 Å². The average molecular weight is 252 g/mol. The number of halogens is 1. The lowest BCUT2D eigenvalue weighted by Crippen LogP contribution is -2.20. The Balaban J connectivity index is 2.07. The van der Waals surface area contributed by atoms with Crippen LogP contribution in [0.1, 0.15) is 19.4 Å². The van der Waals surface area contributed by atoms with Crippen molar-refractivity contribution in [2.45, 2.75) is 20.4 Å². The molecular formula is C13H17FN2O2. The molecule has 0 aromatic heterocycles. The number of rotatable bonds is 3. The van der Waals surface area contributed by atoms with Crippen molar-refractivity contribution in [1.82, 2.24) is 4.90 Å². The van der Waals surface area contributed by atoms with E-state index in [1.165, 1.54) is 12.1 Å². The molecule has 2 unspecified atom stereocenters. The number of nitro groups is 1. The van der Waals surface area contributed by atoms with Gasteiger partial charge < -0.3 is 0 Å². The van der Waals surface area contributed by atoms with Crippen molar-refractivity contribution in [3.8, 4) is 0 Å². The number of hydrogen-bond donors (Lipinski definition) is 0. The number of nitrogens with zero attached hydrogens (tertiary/aromatic N) is 2. The van der Waals surface area contributed by atoms with Crippen LogP contribution >= 0.6 is 0 Å². The molecule has 0 spiro atoms. The molecular weight excluding hydrogens is 235 g/mol. The van der Waals surface area contributed by atoms with Gasteiger partial charge in [0.1, 0.15) is 0 Å². The molecule has 1 saturated heterocycles. The molecule has 0 saturated carbocycles. The molecule has 1 heterocycles. The van der Waals surface area contributed by atoms with E-state index in [4.69, 9.17) is 0 Å². The van der Waals surface area contributed by atoms with Crippen molar-refractivity contribution in [1.29, 1.82) is 0 Å². The number of hydrogen-bond acceptors (Lipinski definition) is 3. The predicted molar refractivity (Wildman–Crippen MR) is 66.7 cm³/mol. The van der Waals surface area contributed by atoms with Crippen LogP contribution in [0.2, 0.25) is 0 Å². The van der Waals surface area contributed by atoms with Gasteiger partial charge in [-0.2, -0.15) is 4.39 Å². The van der Waals surface area contributed by atoms with Crippen LogP contribution in [0.4, 0.5) is 10.1 Å². The fraction of sp³-hybridized carbons (Fsp3) is 0.538. The first kappa shape index (κ1) is 13.0. The molecule has 1 aliphatic rings. The maximum Gasteiger partial charge on any atom is 0.304 e. The monoisotopic (exact) mass is 252 g/mol. The molecule has 2 atom stereocenters. The Hall–Kier alpha value is -1.49. The highest BCUT2D eigenvalue weighted by molar-refractivity contribution is 5.35. The second-order valence-corrected chi connectivity index (χ2v) is 5.19. The standard InChI is InChI=1S/C13H17FN2O2/c1-9-6-15(7-10(9)2)8-11-3-4-13(16(17)18)12(14)5-11/h3-5,9-10H,6-8H2,1-2H3. The minimum Gasteiger partial charge on any atom is -0.299 e. The van der Waals surface area contributed by atoms with Crippen molar-refractivity contribution < 1.29 is 9.31 Å². The molecule has 18 heavy (non-hydrogen) atoms. The molecule has 1 fully saturated rings. The van der Waals surface area contributed by atoms with E-state index < -0.39 is 16.4 Å². The third-order valence-electron chi connectivity index (χ3n) is 3.68. The summed E-state index contributed by atoms with van der Waals surface area (Å²) in [6, 6.07) is 4.15. The lowest BCUT2D eigenvalue weighted by Gasteiger charge is -2.15. The fourth-order valence-electron chi connectivity index (χ4n) is 2.43. The van der Waals surface area contributed by atoms with Gasteiger partial charge in [-0.05, 0) is 23.5 Å². The summed E-state index contributed by atoms with van der Waals surface area (Å²) in [6.45, 7) is 7.07. The van der Waals surface area contributed by atoms with E-state index in [1.54, 1.807) is 6.07 Å². The normalized spacial score (nSPS) is 24.4. The fourth-order valence-corrected chi connectivity index (χ4v) is 2.43. The highest BCUT2D eigenvalue weighted by Crippen LogP contribution is 2.25. The Morgan fingerprint density at radius 3 is 2.50 bits per heavy atom. The van der Waals surface area contributed by atoms with Crippen LogP contribution in [-0.4, -0.2) is 22.9 Å². The number of likely N-dealkylation sites (tertiary alicyclic amines) is 1. The average Bonchev–Trinajstić information content (AvgIpc) is 2.57. The molecule has 0 amide bonds. The summed E-state index contributed by atoms with van der Waals surface area (Å²) >= 11 is 0. The Morgan fingerprint density at radius 1 is 1.39 bits per heavy atom. The summed E-state index contributed by atoms with van der Waals surface area (Å²) in [6.07, 6.45) is 0. The van der Waals surface area contributed by atoms with Crippen LogP contribution in [0.25, 0.3) is 0 Å². The predicted octanol–water partition coefficient (Wildman–Crippen LogP) is 2.82. The largest absolute Gasteiger partial charge is 0.304 e. The Labute approximate surface area is 106 Å². The summed E-state index contributed by atoms with van der Waals surface area (Å²) < 4.78 is 13.5. The Morgan fingerprint density at radius 2 is 2.00 bits per heavy atom. The Kier molecular flexibility index (Phi) is 3.61. The van der Waals surface area contributed by atoms with E-state index >= 15 is 0 Å². The lowest BCUT2D eigenvalue weighted by atomic mass is 10.0. The number of nitro benzene ring substituents is 1. The van der Waals surface area contributed by atoms with Crippen molar-refractivity contribution in [3.63, 3.8) is 0 Å². The minimum atomic E-state index is -0.752. The first-order valence-electron chi connectivity index (χ1n) is 6.12. The van der Waals surface area contributed by atoms with Gasteiger partial charge in [0.25, 0.3) is 0 Å². The molecule has 2 rings (SSSR count). The molecule has 0 radical (unpaired) electrons. The molecule has 0 N–H and O–H groups in total. The van der Waals surface area contributed by atoms with Gasteiger partial charge in [-0.15, -0.1) is 0 Å². The topological polar surface area (TPSA) is 46.4 Å². The molecule has 1 aliphatic heterocycles. The first-order valence-corrected chi connectivity index (χ1v) is 6.12. The summed E-state index contributed by atoms with van der Waals surface area (Å²) in [7, 11) is 0. The lowest BCUT2D eigenvalue weighted by molar-refractivity contribution is -0.387. The zero-order chi connectivity index (χ0) is 13.3. The van der Waals surface area contributed by atoms with E-state index in [1.807, 2.05) is 0 Å². The van der Waals surface area contributed by atoms with Gasteiger partial charge in [0, 0.05) is 25.7 Å². The maximum absolute atomic E-state index is 13.5. The van der Waals surface area contributed by atoms with Gasteiger partial charge in [-0.1, -0.05) is 19.9 Å². The van der Waals surface area contributed by atoms with E-state index in [0.29, 0.717) is 18.4 Å². The SMILES string of the molecule is CC1CN(Cc2ccc([N+](=O)[O-])c(F)c2)CC1C. The highest BCUT2D eigenvalue weighted by Gasteiger charge is 2.26. The van der Waals surface area contributed by atoms with Crippen LogP contribution in [0, 0.1) is 27.8 Å². The zero-order valence-electron chi connectivity index (χ0n) is 10.6. The summed E-state index contributed by atoms with van der Waals surface area (Å²) in [5.74, 6) is 0.540. The second kappa shape index (κ2) is 5.02. The van der Waals surface area contributed by atoms with Gasteiger partial charge >= 0.3 is 5.69 Å². The highest BCUT2D eigenvalue weighted by atomic mass is 19.1. The van der Waals surface area contributed by atoms with Crippen molar-refractivity contribution >= 4 is 5.69 Å². The summed E-state index contributed by atoms with van der Waals surface area (Å²) in [4.78, 5) is 12.1. The first-order chi connectivity index (χ1) is 8.47. The van der Waals surface area contributed by atoms with E-state index in [2.05, 4.69) is 18.7 Å². The van der Waals surface area contributed by atoms with E-state index in [9.17, 15) is 14.5 Å². The molecule has 0 bridgehead atoms. The van der Waals surface area contributed by atoms with Crippen molar-refractivity contribution in [2.75, 3.05) is 13.1 Å². The number of benzene rings is 1. The zero-order valence-corrected chi connectivity index (χ0v) is 10.6.